The molecule has 2 heterocycles. The summed E-state index contributed by atoms with van der Waals surface area (Å²) in [6.07, 6.45) is 4.64. The van der Waals surface area contributed by atoms with Crippen LogP contribution in [-0.2, 0) is 0 Å². The van der Waals surface area contributed by atoms with Crippen molar-refractivity contribution >= 4 is 11.8 Å². The van der Waals surface area contributed by atoms with Crippen LogP contribution < -0.4 is 0 Å². The zero-order valence-electron chi connectivity index (χ0n) is 12.0. The summed E-state index contributed by atoms with van der Waals surface area (Å²) in [5.74, 6) is 0.842. The molecule has 0 amide bonds. The third-order valence-electron chi connectivity index (χ3n) is 4.00. The van der Waals surface area contributed by atoms with Gasteiger partial charge in [0.1, 0.15) is 0 Å². The molecule has 1 saturated heterocycles. The van der Waals surface area contributed by atoms with E-state index in [0.717, 1.165) is 16.5 Å². The predicted octanol–water partition coefficient (Wildman–Crippen LogP) is 3.35. The zero-order valence-corrected chi connectivity index (χ0v) is 12.8. The largest absolute Gasteiger partial charge is 0.297 e. The highest BCUT2D eigenvalue weighted by Gasteiger charge is 2.19. The average molecular weight is 288 g/mol. The number of aromatic nitrogens is 3. The molecule has 3 rings (SSSR count). The number of thioether (sulfide) groups is 1. The minimum absolute atomic E-state index is 0.503. The second-order valence-electron chi connectivity index (χ2n) is 5.21. The number of benzene rings is 1. The van der Waals surface area contributed by atoms with Crippen LogP contribution >= 0.6 is 11.8 Å². The van der Waals surface area contributed by atoms with Crippen molar-refractivity contribution in [3.63, 3.8) is 0 Å². The molecule has 1 aliphatic heterocycles. The Morgan fingerprint density at radius 1 is 1.20 bits per heavy atom. The van der Waals surface area contributed by atoms with Crippen molar-refractivity contribution in [3.05, 3.63) is 29.8 Å². The summed E-state index contributed by atoms with van der Waals surface area (Å²) in [7, 11) is 0. The first kappa shape index (κ1) is 13.6. The van der Waals surface area contributed by atoms with Crippen LogP contribution in [0.2, 0.25) is 0 Å². The fourth-order valence-corrected chi connectivity index (χ4v) is 3.05. The minimum Gasteiger partial charge on any atom is -0.297 e. The second kappa shape index (κ2) is 5.97. The van der Waals surface area contributed by atoms with E-state index in [1.165, 1.54) is 31.5 Å². The van der Waals surface area contributed by atoms with Crippen molar-refractivity contribution in [1.29, 1.82) is 0 Å². The number of H-pyrrole nitrogens is 1. The van der Waals surface area contributed by atoms with E-state index < -0.39 is 0 Å². The van der Waals surface area contributed by atoms with Crippen LogP contribution in [0.25, 0.3) is 11.4 Å². The molecule has 4 nitrogen and oxygen atoms in total. The van der Waals surface area contributed by atoms with E-state index in [2.05, 4.69) is 51.3 Å². The van der Waals surface area contributed by atoms with Crippen LogP contribution in [0.15, 0.2) is 29.4 Å². The van der Waals surface area contributed by atoms with E-state index in [4.69, 9.17) is 0 Å². The maximum atomic E-state index is 4.44. The van der Waals surface area contributed by atoms with E-state index in [1.54, 1.807) is 11.8 Å². The third kappa shape index (κ3) is 2.74. The summed E-state index contributed by atoms with van der Waals surface area (Å²) in [6.45, 7) is 4.74. The van der Waals surface area contributed by atoms with Gasteiger partial charge in [-0.25, -0.2) is 4.98 Å². The van der Waals surface area contributed by atoms with Crippen LogP contribution in [0, 0.1) is 0 Å². The van der Waals surface area contributed by atoms with Crippen molar-refractivity contribution in [2.24, 2.45) is 0 Å². The molecule has 106 valence electrons. The maximum Gasteiger partial charge on any atom is 0.208 e. The summed E-state index contributed by atoms with van der Waals surface area (Å²) in [5.41, 5.74) is 2.47. The second-order valence-corrected chi connectivity index (χ2v) is 5.99. The van der Waals surface area contributed by atoms with Gasteiger partial charge in [0.15, 0.2) is 5.82 Å². The molecule has 0 radical (unpaired) electrons. The van der Waals surface area contributed by atoms with E-state index >= 15 is 0 Å². The topological polar surface area (TPSA) is 44.8 Å². The molecule has 1 aromatic heterocycles. The zero-order chi connectivity index (χ0) is 13.9. The lowest BCUT2D eigenvalue weighted by atomic mass is 10.0. The molecule has 0 aliphatic carbocycles. The Hall–Kier alpha value is -1.33. The molecule has 0 unspecified atom stereocenters. The van der Waals surface area contributed by atoms with Gasteiger partial charge in [0.2, 0.25) is 5.16 Å². The Morgan fingerprint density at radius 2 is 1.90 bits per heavy atom. The molecule has 0 spiro atoms. The fourth-order valence-electron chi connectivity index (χ4n) is 2.73. The lowest BCUT2D eigenvalue weighted by Gasteiger charge is -2.24. The van der Waals surface area contributed by atoms with Crippen LogP contribution in [0.5, 0.6) is 0 Å². The van der Waals surface area contributed by atoms with Gasteiger partial charge in [-0.15, -0.1) is 5.10 Å². The molecule has 1 fully saturated rings. The van der Waals surface area contributed by atoms with Gasteiger partial charge in [-0.05, 0) is 44.7 Å². The van der Waals surface area contributed by atoms with Gasteiger partial charge >= 0.3 is 0 Å². The Bertz CT molecular complexity index is 558. The van der Waals surface area contributed by atoms with E-state index in [9.17, 15) is 0 Å². The number of hydrogen-bond acceptors (Lipinski definition) is 4. The van der Waals surface area contributed by atoms with Crippen LogP contribution in [-0.4, -0.2) is 39.4 Å². The average Bonchev–Trinajstić information content (AvgIpc) is 3.18. The van der Waals surface area contributed by atoms with E-state index in [1.807, 2.05) is 6.26 Å². The Balaban J connectivity index is 1.76. The first-order chi connectivity index (χ1) is 9.78. The molecule has 2 aromatic rings. The lowest BCUT2D eigenvalue weighted by molar-refractivity contribution is 0.263. The molecule has 1 aromatic carbocycles. The lowest BCUT2D eigenvalue weighted by Crippen LogP contribution is -2.23. The quantitative estimate of drug-likeness (QED) is 0.876. The van der Waals surface area contributed by atoms with Crippen molar-refractivity contribution in [2.75, 3.05) is 19.3 Å². The predicted molar refractivity (Wildman–Crippen MR) is 82.8 cm³/mol. The molecular weight excluding hydrogens is 268 g/mol. The number of nitrogens with zero attached hydrogens (tertiary/aromatic N) is 3. The van der Waals surface area contributed by atoms with Gasteiger partial charge < -0.3 is 0 Å². The number of rotatable bonds is 4. The SMILES string of the molecule is CSc1n[nH]c(-c2ccc([C@H](C)N3CCCC3)cc2)n1. The molecule has 0 bridgehead atoms. The summed E-state index contributed by atoms with van der Waals surface area (Å²) >= 11 is 1.55. The Morgan fingerprint density at radius 3 is 2.50 bits per heavy atom. The van der Waals surface area contributed by atoms with Gasteiger partial charge in [-0.2, -0.15) is 0 Å². The number of aromatic amines is 1. The minimum atomic E-state index is 0.503. The van der Waals surface area contributed by atoms with Crippen molar-refractivity contribution in [1.82, 2.24) is 20.1 Å². The molecular formula is C15H20N4S. The highest BCUT2D eigenvalue weighted by molar-refractivity contribution is 7.98. The molecule has 1 N–H and O–H groups in total. The van der Waals surface area contributed by atoms with Crippen LogP contribution in [0.4, 0.5) is 0 Å². The number of hydrogen-bond donors (Lipinski definition) is 1. The van der Waals surface area contributed by atoms with E-state index in [0.29, 0.717) is 6.04 Å². The summed E-state index contributed by atoms with van der Waals surface area (Å²) < 4.78 is 0. The number of nitrogens with one attached hydrogen (secondary N) is 1. The normalized spacial score (nSPS) is 17.5. The first-order valence-corrected chi connectivity index (χ1v) is 8.31. The molecule has 1 aliphatic rings. The Labute approximate surface area is 124 Å². The highest BCUT2D eigenvalue weighted by atomic mass is 32.2. The summed E-state index contributed by atoms with van der Waals surface area (Å²) in [4.78, 5) is 6.99. The van der Waals surface area contributed by atoms with Crippen molar-refractivity contribution in [3.8, 4) is 11.4 Å². The van der Waals surface area contributed by atoms with Crippen molar-refractivity contribution < 1.29 is 0 Å². The van der Waals surface area contributed by atoms with E-state index in [-0.39, 0.29) is 0 Å². The van der Waals surface area contributed by atoms with Crippen molar-refractivity contribution in [2.45, 2.75) is 31.0 Å². The van der Waals surface area contributed by atoms with Crippen LogP contribution in [0.1, 0.15) is 31.4 Å². The van der Waals surface area contributed by atoms with Gasteiger partial charge in [0.25, 0.3) is 0 Å². The molecule has 1 atom stereocenters. The van der Waals surface area contributed by atoms with Gasteiger partial charge in [0.05, 0.1) is 0 Å². The highest BCUT2D eigenvalue weighted by Crippen LogP contribution is 2.26. The van der Waals surface area contributed by atoms with Gasteiger partial charge in [0, 0.05) is 11.6 Å². The molecule has 5 heteroatoms. The number of likely N-dealkylation sites (tertiary alicyclic amines) is 1. The molecule has 20 heavy (non-hydrogen) atoms. The van der Waals surface area contributed by atoms with Gasteiger partial charge in [-0.3, -0.25) is 10.00 Å². The first-order valence-electron chi connectivity index (χ1n) is 7.08. The molecule has 0 saturated carbocycles. The maximum absolute atomic E-state index is 4.44. The smallest absolute Gasteiger partial charge is 0.208 e. The monoisotopic (exact) mass is 288 g/mol. The summed E-state index contributed by atoms with van der Waals surface area (Å²) in [6, 6.07) is 9.18. The third-order valence-corrected chi connectivity index (χ3v) is 4.55. The Kier molecular flexibility index (Phi) is 4.08. The van der Waals surface area contributed by atoms with Gasteiger partial charge in [-0.1, -0.05) is 36.0 Å². The summed E-state index contributed by atoms with van der Waals surface area (Å²) in [5, 5.41) is 7.92. The fraction of sp³-hybridized carbons (Fsp3) is 0.467. The van der Waals surface area contributed by atoms with Crippen LogP contribution in [0.3, 0.4) is 0 Å². The standard InChI is InChI=1S/C15H20N4S/c1-11(19-9-3-4-10-19)12-5-7-13(8-6-12)14-16-15(20-2)18-17-14/h5-8,11H,3-4,9-10H2,1-2H3,(H,16,17,18)/t11-/m0/s1.